The first-order valence-corrected chi connectivity index (χ1v) is 6.64. The van der Waals surface area contributed by atoms with E-state index in [1.165, 1.54) is 5.69 Å². The predicted molar refractivity (Wildman–Crippen MR) is 73.9 cm³/mol. The third kappa shape index (κ3) is 3.15. The van der Waals surface area contributed by atoms with E-state index < -0.39 is 0 Å². The lowest BCUT2D eigenvalue weighted by atomic mass is 10.2. The summed E-state index contributed by atoms with van der Waals surface area (Å²) >= 11 is 0. The van der Waals surface area contributed by atoms with Crippen molar-refractivity contribution < 1.29 is 4.79 Å². The zero-order valence-electron chi connectivity index (χ0n) is 10.9. The van der Waals surface area contributed by atoms with Crippen LogP contribution in [0.2, 0.25) is 0 Å². The number of para-hydroxylation sites is 1. The Bertz CT molecular complexity index is 380. The third-order valence-electron chi connectivity index (χ3n) is 3.30. The number of amides is 2. The van der Waals surface area contributed by atoms with Gasteiger partial charge < -0.3 is 15.1 Å². The Morgan fingerprint density at radius 1 is 1.33 bits per heavy atom. The highest BCUT2D eigenvalue weighted by molar-refractivity contribution is 5.76. The standard InChI is InChI=1S/C14H21N3O/c1-2-16(13-7-4-3-5-8-13)10-6-11-17-12-9-15-14(17)18/h3-5,7-8H,2,6,9-12H2,1H3,(H,15,18). The van der Waals surface area contributed by atoms with E-state index in [4.69, 9.17) is 0 Å². The number of hydrogen-bond donors (Lipinski definition) is 1. The Kier molecular flexibility index (Phi) is 4.45. The highest BCUT2D eigenvalue weighted by atomic mass is 16.2. The second-order valence-corrected chi connectivity index (χ2v) is 4.49. The van der Waals surface area contributed by atoms with Gasteiger partial charge in [0, 0.05) is 38.4 Å². The number of benzene rings is 1. The molecule has 4 nitrogen and oxygen atoms in total. The Morgan fingerprint density at radius 3 is 2.72 bits per heavy atom. The first kappa shape index (κ1) is 12.7. The van der Waals surface area contributed by atoms with Gasteiger partial charge in [-0.15, -0.1) is 0 Å². The monoisotopic (exact) mass is 247 g/mol. The smallest absolute Gasteiger partial charge is 0.317 e. The molecule has 0 unspecified atom stereocenters. The van der Waals surface area contributed by atoms with E-state index in [0.717, 1.165) is 39.1 Å². The molecule has 2 amide bonds. The van der Waals surface area contributed by atoms with Crippen molar-refractivity contribution in [3.63, 3.8) is 0 Å². The van der Waals surface area contributed by atoms with Gasteiger partial charge in [-0.05, 0) is 25.5 Å². The SMILES string of the molecule is CCN(CCCN1CCNC1=O)c1ccccc1. The minimum atomic E-state index is 0.0813. The van der Waals surface area contributed by atoms with Crippen LogP contribution in [0.25, 0.3) is 0 Å². The molecule has 1 heterocycles. The van der Waals surface area contributed by atoms with Crippen LogP contribution in [-0.4, -0.2) is 43.7 Å². The lowest BCUT2D eigenvalue weighted by molar-refractivity contribution is 0.217. The van der Waals surface area contributed by atoms with E-state index in [2.05, 4.69) is 41.4 Å². The molecule has 1 aliphatic heterocycles. The number of carbonyl (C=O) groups is 1. The van der Waals surface area contributed by atoms with Crippen molar-refractivity contribution in [2.45, 2.75) is 13.3 Å². The molecule has 1 aromatic carbocycles. The van der Waals surface area contributed by atoms with Crippen LogP contribution >= 0.6 is 0 Å². The first-order valence-electron chi connectivity index (χ1n) is 6.64. The van der Waals surface area contributed by atoms with Gasteiger partial charge in [-0.2, -0.15) is 0 Å². The van der Waals surface area contributed by atoms with Crippen molar-refractivity contribution >= 4 is 11.7 Å². The number of nitrogens with zero attached hydrogens (tertiary/aromatic N) is 2. The molecule has 1 saturated heterocycles. The number of rotatable bonds is 6. The summed E-state index contributed by atoms with van der Waals surface area (Å²) in [5.41, 5.74) is 1.26. The normalized spacial score (nSPS) is 14.7. The van der Waals surface area contributed by atoms with E-state index >= 15 is 0 Å². The average molecular weight is 247 g/mol. The highest BCUT2D eigenvalue weighted by Crippen LogP contribution is 2.13. The van der Waals surface area contributed by atoms with E-state index in [0.29, 0.717) is 0 Å². The Morgan fingerprint density at radius 2 is 2.11 bits per heavy atom. The van der Waals surface area contributed by atoms with Crippen molar-refractivity contribution in [3.8, 4) is 0 Å². The van der Waals surface area contributed by atoms with E-state index in [-0.39, 0.29) is 6.03 Å². The van der Waals surface area contributed by atoms with E-state index in [1.54, 1.807) is 0 Å². The fourth-order valence-corrected chi connectivity index (χ4v) is 2.29. The van der Waals surface area contributed by atoms with Gasteiger partial charge in [-0.1, -0.05) is 18.2 Å². The molecule has 0 spiro atoms. The van der Waals surface area contributed by atoms with Gasteiger partial charge in [0.05, 0.1) is 0 Å². The molecule has 1 aromatic rings. The van der Waals surface area contributed by atoms with Crippen LogP contribution in [0.15, 0.2) is 30.3 Å². The van der Waals surface area contributed by atoms with Gasteiger partial charge in [0.25, 0.3) is 0 Å². The molecule has 0 atom stereocenters. The fraction of sp³-hybridized carbons (Fsp3) is 0.500. The number of carbonyl (C=O) groups excluding carboxylic acids is 1. The van der Waals surface area contributed by atoms with Gasteiger partial charge in [0.1, 0.15) is 0 Å². The molecule has 18 heavy (non-hydrogen) atoms. The maximum Gasteiger partial charge on any atom is 0.317 e. The van der Waals surface area contributed by atoms with Crippen LogP contribution in [0.1, 0.15) is 13.3 Å². The topological polar surface area (TPSA) is 35.6 Å². The fourth-order valence-electron chi connectivity index (χ4n) is 2.29. The maximum absolute atomic E-state index is 11.4. The van der Waals surface area contributed by atoms with Gasteiger partial charge in [0.15, 0.2) is 0 Å². The van der Waals surface area contributed by atoms with Gasteiger partial charge in [0.2, 0.25) is 0 Å². The summed E-state index contributed by atoms with van der Waals surface area (Å²) in [4.78, 5) is 15.6. The van der Waals surface area contributed by atoms with Crippen LogP contribution in [0.5, 0.6) is 0 Å². The molecule has 0 saturated carbocycles. The van der Waals surface area contributed by atoms with Crippen molar-refractivity contribution in [3.05, 3.63) is 30.3 Å². The molecule has 0 aromatic heterocycles. The average Bonchev–Trinajstić information content (AvgIpc) is 2.81. The van der Waals surface area contributed by atoms with Crippen LogP contribution < -0.4 is 10.2 Å². The summed E-state index contributed by atoms with van der Waals surface area (Å²) in [5, 5.41) is 2.83. The molecular weight excluding hydrogens is 226 g/mol. The summed E-state index contributed by atoms with van der Waals surface area (Å²) < 4.78 is 0. The van der Waals surface area contributed by atoms with Gasteiger partial charge in [-0.3, -0.25) is 0 Å². The quantitative estimate of drug-likeness (QED) is 0.833. The largest absolute Gasteiger partial charge is 0.372 e. The number of anilines is 1. The molecule has 1 aliphatic rings. The summed E-state index contributed by atoms with van der Waals surface area (Å²) in [6, 6.07) is 10.5. The zero-order chi connectivity index (χ0) is 12.8. The summed E-state index contributed by atoms with van der Waals surface area (Å²) in [6.45, 7) is 6.62. The molecule has 1 N–H and O–H groups in total. The molecule has 0 aliphatic carbocycles. The number of nitrogens with one attached hydrogen (secondary N) is 1. The van der Waals surface area contributed by atoms with Crippen molar-refractivity contribution in [1.82, 2.24) is 10.2 Å². The number of hydrogen-bond acceptors (Lipinski definition) is 2. The lowest BCUT2D eigenvalue weighted by Crippen LogP contribution is -2.32. The van der Waals surface area contributed by atoms with E-state index in [9.17, 15) is 4.79 Å². The molecule has 4 heteroatoms. The van der Waals surface area contributed by atoms with Crippen molar-refractivity contribution in [2.24, 2.45) is 0 Å². The van der Waals surface area contributed by atoms with Crippen molar-refractivity contribution in [2.75, 3.05) is 37.6 Å². The minimum absolute atomic E-state index is 0.0813. The zero-order valence-corrected chi connectivity index (χ0v) is 10.9. The first-order chi connectivity index (χ1) is 8.81. The molecule has 1 fully saturated rings. The third-order valence-corrected chi connectivity index (χ3v) is 3.30. The van der Waals surface area contributed by atoms with Gasteiger partial charge >= 0.3 is 6.03 Å². The molecule has 0 bridgehead atoms. The van der Waals surface area contributed by atoms with E-state index in [1.807, 2.05) is 11.0 Å². The number of urea groups is 1. The maximum atomic E-state index is 11.4. The second-order valence-electron chi connectivity index (χ2n) is 4.49. The highest BCUT2D eigenvalue weighted by Gasteiger charge is 2.18. The molecule has 98 valence electrons. The molecule has 2 rings (SSSR count). The van der Waals surface area contributed by atoms with Crippen molar-refractivity contribution in [1.29, 1.82) is 0 Å². The Balaban J connectivity index is 1.79. The predicted octanol–water partition coefficient (Wildman–Crippen LogP) is 1.93. The summed E-state index contributed by atoms with van der Waals surface area (Å²) in [6.07, 6.45) is 1.01. The minimum Gasteiger partial charge on any atom is -0.372 e. The summed E-state index contributed by atoms with van der Waals surface area (Å²) in [7, 11) is 0. The van der Waals surface area contributed by atoms with Crippen LogP contribution in [0, 0.1) is 0 Å². The molecule has 0 radical (unpaired) electrons. The van der Waals surface area contributed by atoms with Crippen LogP contribution in [0.3, 0.4) is 0 Å². The Hall–Kier alpha value is -1.71. The Labute approximate surface area is 109 Å². The molecular formula is C14H21N3O. The van der Waals surface area contributed by atoms with Crippen LogP contribution in [-0.2, 0) is 0 Å². The second kappa shape index (κ2) is 6.28. The van der Waals surface area contributed by atoms with Gasteiger partial charge in [-0.25, -0.2) is 4.79 Å². The van der Waals surface area contributed by atoms with Crippen LogP contribution in [0.4, 0.5) is 10.5 Å². The summed E-state index contributed by atoms with van der Waals surface area (Å²) in [5.74, 6) is 0. The lowest BCUT2D eigenvalue weighted by Gasteiger charge is -2.24.